The topological polar surface area (TPSA) is 166 Å². The number of aliphatic imine (C=N–C) groups is 1. The number of guanidine groups is 1. The number of amides is 1. The summed E-state index contributed by atoms with van der Waals surface area (Å²) in [6.07, 6.45) is -0.124. The molecule has 0 saturated carbocycles. The largest absolute Gasteiger partial charge is 0.459 e. The monoisotopic (exact) mass is 344 g/mol. The summed E-state index contributed by atoms with van der Waals surface area (Å²) in [7, 11) is -2.90. The summed E-state index contributed by atoms with van der Waals surface area (Å²) in [5.74, 6) is 0.146. The van der Waals surface area contributed by atoms with Crippen molar-refractivity contribution in [2.45, 2.75) is 6.42 Å². The first-order chi connectivity index (χ1) is 10.4. The number of nitrogens with two attached hydrogens (primary N) is 2. The Hall–Kier alpha value is -2.44. The van der Waals surface area contributed by atoms with E-state index in [1.54, 1.807) is 22.3 Å². The Balaban J connectivity index is 2.03. The molecule has 2 rings (SSSR count). The van der Waals surface area contributed by atoms with E-state index in [-0.39, 0.29) is 12.4 Å². The molecule has 118 valence electrons. The van der Waals surface area contributed by atoms with Crippen molar-refractivity contribution < 1.29 is 17.6 Å². The fraction of sp³-hybridized carbons (Fsp3) is 0.100. The molecule has 2 aromatic rings. The number of furan rings is 1. The van der Waals surface area contributed by atoms with Crippen molar-refractivity contribution in [3.8, 4) is 11.5 Å². The molecule has 22 heavy (non-hydrogen) atoms. The summed E-state index contributed by atoms with van der Waals surface area (Å²) >= 11 is 1.23. The zero-order chi connectivity index (χ0) is 16.1. The van der Waals surface area contributed by atoms with Crippen molar-refractivity contribution in [2.24, 2.45) is 16.5 Å². The van der Waals surface area contributed by atoms with Gasteiger partial charge in [-0.3, -0.25) is 10.2 Å². The second-order valence-corrected chi connectivity index (χ2v) is 5.49. The van der Waals surface area contributed by atoms with Crippen LogP contribution in [0.3, 0.4) is 0 Å². The minimum Gasteiger partial charge on any atom is -0.459 e. The van der Waals surface area contributed by atoms with Crippen LogP contribution in [-0.4, -0.2) is 25.3 Å². The molecule has 0 saturated heterocycles. The number of carbonyl (C=O) groups is 1. The molecule has 2 heterocycles. The van der Waals surface area contributed by atoms with Crippen molar-refractivity contribution in [1.29, 1.82) is 0 Å². The highest BCUT2D eigenvalue weighted by molar-refractivity contribution is 7.70. The van der Waals surface area contributed by atoms with E-state index in [0.29, 0.717) is 22.3 Å². The highest BCUT2D eigenvalue weighted by atomic mass is 32.2. The van der Waals surface area contributed by atoms with Crippen molar-refractivity contribution >= 4 is 39.2 Å². The van der Waals surface area contributed by atoms with Crippen LogP contribution < -0.4 is 21.7 Å². The number of thiol groups is 1. The zero-order valence-electron chi connectivity index (χ0n) is 11.0. The average Bonchev–Trinajstić information content (AvgIpc) is 3.05. The first-order valence-electron chi connectivity index (χ1n) is 5.77. The van der Waals surface area contributed by atoms with Crippen LogP contribution in [0.5, 0.6) is 0 Å². The van der Waals surface area contributed by atoms with Gasteiger partial charge < -0.3 is 15.9 Å². The van der Waals surface area contributed by atoms with E-state index < -0.39 is 16.8 Å². The van der Waals surface area contributed by atoms with Crippen LogP contribution in [0.1, 0.15) is 5.76 Å². The molecule has 1 amide bonds. The lowest BCUT2D eigenvalue weighted by molar-refractivity contribution is -0.121. The van der Waals surface area contributed by atoms with Crippen LogP contribution in [0, 0.1) is 0 Å². The average molecular weight is 344 g/mol. The molecule has 0 aliphatic carbocycles. The second-order valence-electron chi connectivity index (χ2n) is 3.91. The van der Waals surface area contributed by atoms with Gasteiger partial charge in [-0.1, -0.05) is 0 Å². The number of rotatable bonds is 6. The van der Waals surface area contributed by atoms with Crippen molar-refractivity contribution in [1.82, 2.24) is 15.2 Å². The number of carbonyl (C=O) groups excluding carboxylic acids is 1. The Morgan fingerprint density at radius 3 is 2.86 bits per heavy atom. The molecule has 0 aromatic carbocycles. The molecule has 12 heteroatoms. The molecule has 0 unspecified atom stereocenters. The van der Waals surface area contributed by atoms with Gasteiger partial charge in [0.2, 0.25) is 21.9 Å². The lowest BCUT2D eigenvalue weighted by Gasteiger charge is -1.99. The first-order valence-corrected chi connectivity index (χ1v) is 7.83. The summed E-state index contributed by atoms with van der Waals surface area (Å²) in [5, 5.41) is 2.09. The van der Waals surface area contributed by atoms with Crippen LogP contribution in [0.2, 0.25) is 0 Å². The Kier molecular flexibility index (Phi) is 5.08. The molecule has 0 aliphatic rings. The van der Waals surface area contributed by atoms with Crippen molar-refractivity contribution in [3.63, 3.8) is 0 Å². The number of thiazole rings is 1. The van der Waals surface area contributed by atoms with Gasteiger partial charge in [-0.15, -0.1) is 16.2 Å². The van der Waals surface area contributed by atoms with Crippen LogP contribution >= 0.6 is 11.3 Å². The minimum absolute atomic E-state index is 0.0955. The smallest absolute Gasteiger partial charge is 0.242 e. The van der Waals surface area contributed by atoms with E-state index in [9.17, 15) is 13.2 Å². The van der Waals surface area contributed by atoms with Gasteiger partial charge in [-0.05, 0) is 12.1 Å². The quantitative estimate of drug-likeness (QED) is 0.194. The lowest BCUT2D eigenvalue weighted by atomic mass is 10.3. The van der Waals surface area contributed by atoms with E-state index >= 15 is 0 Å². The second kappa shape index (κ2) is 7.02. The lowest BCUT2D eigenvalue weighted by Crippen LogP contribution is -2.37. The number of nitrogens with zero attached hydrogens (tertiary/aromatic N) is 2. The number of hydrazine groups is 1. The van der Waals surface area contributed by atoms with Crippen molar-refractivity contribution in [2.75, 3.05) is 0 Å². The minimum atomic E-state index is -2.90. The third-order valence-electron chi connectivity index (χ3n) is 2.25. The maximum atomic E-state index is 11.4. The van der Waals surface area contributed by atoms with Gasteiger partial charge >= 0.3 is 0 Å². The normalized spacial score (nSPS) is 10.6. The third-order valence-corrected chi connectivity index (χ3v) is 3.28. The van der Waals surface area contributed by atoms with Crippen LogP contribution in [0.25, 0.3) is 11.5 Å². The van der Waals surface area contributed by atoms with Gasteiger partial charge in [0.05, 0.1) is 6.42 Å². The fourth-order valence-corrected chi connectivity index (χ4v) is 2.37. The van der Waals surface area contributed by atoms with Gasteiger partial charge in [0, 0.05) is 5.38 Å². The summed E-state index contributed by atoms with van der Waals surface area (Å²) in [5.41, 5.74) is 13.0. The van der Waals surface area contributed by atoms with Gasteiger partial charge in [0.1, 0.15) is 11.5 Å². The van der Waals surface area contributed by atoms with E-state index in [2.05, 4.69) is 9.98 Å². The Morgan fingerprint density at radius 1 is 1.41 bits per heavy atom. The van der Waals surface area contributed by atoms with Gasteiger partial charge in [0.25, 0.3) is 0 Å². The Morgan fingerprint density at radius 2 is 2.18 bits per heavy atom. The molecule has 2 aromatic heterocycles. The number of hydrogen-bond acceptors (Lipinski definition) is 7. The molecule has 0 bridgehead atoms. The maximum Gasteiger partial charge on any atom is 0.242 e. The SMILES string of the molecule is NC(N)=Nc1nc(-c2ccc(CC(=O)NN[SH](=O)=O)o2)cs1. The predicted molar refractivity (Wildman–Crippen MR) is 80.6 cm³/mol. The van der Waals surface area contributed by atoms with E-state index in [1.807, 2.05) is 5.43 Å². The number of nitrogens with one attached hydrogen (secondary N) is 2. The third kappa shape index (κ3) is 4.54. The molecule has 0 atom stereocenters. The van der Waals surface area contributed by atoms with Gasteiger partial charge in [-0.2, -0.15) is 4.99 Å². The van der Waals surface area contributed by atoms with E-state index in [4.69, 9.17) is 15.9 Å². The van der Waals surface area contributed by atoms with Gasteiger partial charge in [0.15, 0.2) is 11.7 Å². The first kappa shape index (κ1) is 15.9. The molecular weight excluding hydrogens is 332 g/mol. The van der Waals surface area contributed by atoms with E-state index in [1.165, 1.54) is 11.3 Å². The highest BCUT2D eigenvalue weighted by Gasteiger charge is 2.11. The van der Waals surface area contributed by atoms with Crippen LogP contribution in [-0.2, 0) is 22.1 Å². The van der Waals surface area contributed by atoms with Gasteiger partial charge in [-0.25, -0.2) is 13.4 Å². The molecule has 0 radical (unpaired) electrons. The van der Waals surface area contributed by atoms with Crippen LogP contribution in [0.4, 0.5) is 5.13 Å². The molecule has 0 aliphatic heterocycles. The molecule has 10 nitrogen and oxygen atoms in total. The summed E-state index contributed by atoms with van der Waals surface area (Å²) in [4.78, 5) is 21.2. The standard InChI is InChI=1S/C10H12N6O4S2/c11-9(12)14-10-13-6(4-21-10)7-2-1-5(20-7)3-8(17)15-16-22(18)19/h1-2,4,22H,3H2,(H,15,17)(H,16,18,19)(H4,11,12,13,14). The predicted octanol–water partition coefficient (Wildman–Crippen LogP) is -1.00. The fourth-order valence-electron chi connectivity index (χ4n) is 1.46. The number of aromatic nitrogens is 1. The molecule has 0 fully saturated rings. The van der Waals surface area contributed by atoms with E-state index in [0.717, 1.165) is 0 Å². The zero-order valence-corrected chi connectivity index (χ0v) is 12.7. The summed E-state index contributed by atoms with van der Waals surface area (Å²) in [6.45, 7) is 0. The highest BCUT2D eigenvalue weighted by Crippen LogP contribution is 2.28. The Bertz CT molecular complexity index is 766. The molecular formula is C10H12N6O4S2. The molecule has 0 spiro atoms. The molecule has 6 N–H and O–H groups in total. The maximum absolute atomic E-state index is 11.4. The summed E-state index contributed by atoms with van der Waals surface area (Å²) in [6, 6.07) is 3.23. The Labute approximate surface area is 130 Å². The van der Waals surface area contributed by atoms with Crippen LogP contribution in [0.15, 0.2) is 26.9 Å². The summed E-state index contributed by atoms with van der Waals surface area (Å²) < 4.78 is 26.0. The number of hydrogen-bond donors (Lipinski definition) is 5. The van der Waals surface area contributed by atoms with Crippen molar-refractivity contribution in [3.05, 3.63) is 23.3 Å².